The summed E-state index contributed by atoms with van der Waals surface area (Å²) in [5.41, 5.74) is 2.96. The first-order valence-corrected chi connectivity index (χ1v) is 8.96. The molecule has 0 bridgehead atoms. The molecule has 3 aromatic rings. The van der Waals surface area contributed by atoms with Crippen molar-refractivity contribution < 1.29 is 4.79 Å². The molecule has 4 nitrogen and oxygen atoms in total. The highest BCUT2D eigenvalue weighted by molar-refractivity contribution is 7.99. The number of amides is 1. The Bertz CT molecular complexity index is 786. The van der Waals surface area contributed by atoms with Gasteiger partial charge >= 0.3 is 0 Å². The molecule has 0 fully saturated rings. The number of carbonyl (C=O) groups excluding carboxylic acids is 1. The number of benzene rings is 2. The molecule has 122 valence electrons. The van der Waals surface area contributed by atoms with Gasteiger partial charge in [-0.05, 0) is 48.0 Å². The molecule has 0 aliphatic carbocycles. The van der Waals surface area contributed by atoms with Gasteiger partial charge in [0.25, 0.3) is 0 Å². The number of nitrogens with zero attached hydrogens (tertiary/aromatic N) is 2. The quantitative estimate of drug-likeness (QED) is 0.711. The Labute approximate surface area is 149 Å². The van der Waals surface area contributed by atoms with E-state index in [0.29, 0.717) is 10.8 Å². The lowest BCUT2D eigenvalue weighted by molar-refractivity contribution is -0.113. The zero-order valence-electron chi connectivity index (χ0n) is 12.9. The normalized spacial score (nSPS) is 10.5. The van der Waals surface area contributed by atoms with Gasteiger partial charge in [-0.15, -0.1) is 11.8 Å². The summed E-state index contributed by atoms with van der Waals surface area (Å²) in [4.78, 5) is 11.9. The van der Waals surface area contributed by atoms with Crippen LogP contribution in [0.3, 0.4) is 0 Å². The maximum absolute atomic E-state index is 11.9. The van der Waals surface area contributed by atoms with Crippen LogP contribution in [0, 0.1) is 0 Å². The predicted octanol–water partition coefficient (Wildman–Crippen LogP) is 4.40. The van der Waals surface area contributed by atoms with Gasteiger partial charge in [0.05, 0.1) is 11.4 Å². The molecule has 0 saturated heterocycles. The predicted molar refractivity (Wildman–Crippen MR) is 99.8 cm³/mol. The van der Waals surface area contributed by atoms with Crippen molar-refractivity contribution in [3.8, 4) is 5.69 Å². The Morgan fingerprint density at radius 3 is 2.54 bits per heavy atom. The van der Waals surface area contributed by atoms with E-state index in [4.69, 9.17) is 11.6 Å². The van der Waals surface area contributed by atoms with Crippen molar-refractivity contribution >= 4 is 35.0 Å². The minimum absolute atomic E-state index is 0.0181. The van der Waals surface area contributed by atoms with E-state index < -0.39 is 0 Å². The molecule has 0 atom stereocenters. The number of hydrogen-bond acceptors (Lipinski definition) is 3. The summed E-state index contributed by atoms with van der Waals surface area (Å²) in [5.74, 6) is 1.17. The number of aromatic nitrogens is 2. The molecule has 3 rings (SSSR count). The highest BCUT2D eigenvalue weighted by atomic mass is 35.5. The average Bonchev–Trinajstić information content (AvgIpc) is 3.12. The van der Waals surface area contributed by atoms with E-state index in [2.05, 4.69) is 22.5 Å². The number of halogens is 1. The van der Waals surface area contributed by atoms with Gasteiger partial charge in [0.1, 0.15) is 0 Å². The van der Waals surface area contributed by atoms with Crippen LogP contribution in [-0.4, -0.2) is 21.4 Å². The van der Waals surface area contributed by atoms with Crippen LogP contribution in [0.2, 0.25) is 5.02 Å². The summed E-state index contributed by atoms with van der Waals surface area (Å²) in [6.45, 7) is 0. The van der Waals surface area contributed by atoms with Crippen LogP contribution in [0.5, 0.6) is 0 Å². The zero-order valence-corrected chi connectivity index (χ0v) is 14.4. The first-order chi connectivity index (χ1) is 11.7. The number of carbonyl (C=O) groups is 1. The molecule has 0 aliphatic heterocycles. The molecule has 0 saturated carbocycles. The molecule has 24 heavy (non-hydrogen) atoms. The van der Waals surface area contributed by atoms with Crippen molar-refractivity contribution in [3.05, 3.63) is 77.6 Å². The SMILES string of the molecule is O=C(CSCc1ccc(-n2cccn2)cc1)Nc1ccc(Cl)cc1. The van der Waals surface area contributed by atoms with Crippen LogP contribution in [0.15, 0.2) is 67.0 Å². The van der Waals surface area contributed by atoms with E-state index in [1.54, 1.807) is 42.2 Å². The van der Waals surface area contributed by atoms with Gasteiger partial charge < -0.3 is 5.32 Å². The summed E-state index contributed by atoms with van der Waals surface area (Å²) in [6.07, 6.45) is 3.66. The second kappa shape index (κ2) is 8.04. The van der Waals surface area contributed by atoms with Gasteiger partial charge in [-0.2, -0.15) is 5.10 Å². The average molecular weight is 358 g/mol. The standard InChI is InChI=1S/C18H16ClN3OS/c19-15-4-6-16(7-5-15)21-18(23)13-24-12-14-2-8-17(9-3-14)22-11-1-10-20-22/h1-11H,12-13H2,(H,21,23). The molecule has 6 heteroatoms. The second-order valence-electron chi connectivity index (χ2n) is 5.16. The van der Waals surface area contributed by atoms with Crippen molar-refractivity contribution in [3.63, 3.8) is 0 Å². The molecule has 0 radical (unpaired) electrons. The Morgan fingerprint density at radius 1 is 1.12 bits per heavy atom. The maximum Gasteiger partial charge on any atom is 0.234 e. The van der Waals surface area contributed by atoms with Gasteiger partial charge in [0.2, 0.25) is 5.91 Å². The smallest absolute Gasteiger partial charge is 0.234 e. The number of nitrogens with one attached hydrogen (secondary N) is 1. The first kappa shape index (κ1) is 16.6. The fraction of sp³-hybridized carbons (Fsp3) is 0.111. The first-order valence-electron chi connectivity index (χ1n) is 7.43. The number of anilines is 1. The minimum atomic E-state index is -0.0181. The monoisotopic (exact) mass is 357 g/mol. The molecule has 0 unspecified atom stereocenters. The zero-order chi connectivity index (χ0) is 16.8. The second-order valence-corrected chi connectivity index (χ2v) is 6.59. The largest absolute Gasteiger partial charge is 0.325 e. The van der Waals surface area contributed by atoms with E-state index in [0.717, 1.165) is 17.1 Å². The Balaban J connectivity index is 1.46. The lowest BCUT2D eigenvalue weighted by Crippen LogP contribution is -2.14. The summed E-state index contributed by atoms with van der Waals surface area (Å²) < 4.78 is 1.82. The molecule has 2 aromatic carbocycles. The Morgan fingerprint density at radius 2 is 1.88 bits per heavy atom. The molecular formula is C18H16ClN3OS. The lowest BCUT2D eigenvalue weighted by atomic mass is 10.2. The van der Waals surface area contributed by atoms with Crippen molar-refractivity contribution in [1.29, 1.82) is 0 Å². The van der Waals surface area contributed by atoms with Gasteiger partial charge in [0, 0.05) is 28.9 Å². The summed E-state index contributed by atoms with van der Waals surface area (Å²) in [5, 5.41) is 7.70. The molecule has 1 amide bonds. The molecular weight excluding hydrogens is 342 g/mol. The van der Waals surface area contributed by atoms with Crippen molar-refractivity contribution in [1.82, 2.24) is 9.78 Å². The van der Waals surface area contributed by atoms with E-state index in [9.17, 15) is 4.79 Å². The third kappa shape index (κ3) is 4.63. The van der Waals surface area contributed by atoms with Gasteiger partial charge in [-0.1, -0.05) is 23.7 Å². The van der Waals surface area contributed by atoms with E-state index in [1.807, 2.05) is 29.1 Å². The van der Waals surface area contributed by atoms with E-state index >= 15 is 0 Å². The highest BCUT2D eigenvalue weighted by Crippen LogP contribution is 2.16. The molecule has 1 N–H and O–H groups in total. The van der Waals surface area contributed by atoms with Gasteiger partial charge in [-0.3, -0.25) is 4.79 Å². The number of hydrogen-bond donors (Lipinski definition) is 1. The lowest BCUT2D eigenvalue weighted by Gasteiger charge is -2.06. The summed E-state index contributed by atoms with van der Waals surface area (Å²) >= 11 is 7.40. The van der Waals surface area contributed by atoms with Crippen molar-refractivity contribution in [2.24, 2.45) is 0 Å². The fourth-order valence-corrected chi connectivity index (χ4v) is 3.07. The van der Waals surface area contributed by atoms with Crippen LogP contribution < -0.4 is 5.32 Å². The van der Waals surface area contributed by atoms with Crippen LogP contribution in [0.1, 0.15) is 5.56 Å². The molecule has 0 spiro atoms. The van der Waals surface area contributed by atoms with Crippen LogP contribution in [0.25, 0.3) is 5.69 Å². The fourth-order valence-electron chi connectivity index (χ4n) is 2.16. The Hall–Kier alpha value is -2.24. The van der Waals surface area contributed by atoms with Gasteiger partial charge in [0.15, 0.2) is 0 Å². The molecule has 1 aromatic heterocycles. The van der Waals surface area contributed by atoms with Gasteiger partial charge in [-0.25, -0.2) is 4.68 Å². The maximum atomic E-state index is 11.9. The summed E-state index contributed by atoms with van der Waals surface area (Å²) in [6, 6.07) is 17.1. The summed E-state index contributed by atoms with van der Waals surface area (Å²) in [7, 11) is 0. The number of thioether (sulfide) groups is 1. The third-order valence-electron chi connectivity index (χ3n) is 3.34. The van der Waals surface area contributed by atoms with Crippen molar-refractivity contribution in [2.45, 2.75) is 5.75 Å². The van der Waals surface area contributed by atoms with Crippen molar-refractivity contribution in [2.75, 3.05) is 11.1 Å². The minimum Gasteiger partial charge on any atom is -0.325 e. The highest BCUT2D eigenvalue weighted by Gasteiger charge is 2.04. The van der Waals surface area contributed by atoms with E-state index in [1.165, 1.54) is 5.56 Å². The van der Waals surface area contributed by atoms with E-state index in [-0.39, 0.29) is 5.91 Å². The topological polar surface area (TPSA) is 46.9 Å². The third-order valence-corrected chi connectivity index (χ3v) is 4.59. The number of rotatable bonds is 6. The molecule has 0 aliphatic rings. The van der Waals surface area contributed by atoms with Crippen LogP contribution >= 0.6 is 23.4 Å². The van der Waals surface area contributed by atoms with Crippen LogP contribution in [0.4, 0.5) is 5.69 Å². The van der Waals surface area contributed by atoms with Crippen LogP contribution in [-0.2, 0) is 10.5 Å². The Kier molecular flexibility index (Phi) is 5.56. The molecule has 1 heterocycles.